The van der Waals surface area contributed by atoms with Crippen LogP contribution in [0.15, 0.2) is 44.4 Å². The number of benzene rings is 1. The number of aryl methyl sites for hydroxylation is 1. The Kier molecular flexibility index (Phi) is 4.09. The van der Waals surface area contributed by atoms with Crippen molar-refractivity contribution in [2.45, 2.75) is 17.6 Å². The average Bonchev–Trinajstić information content (AvgIpc) is 2.76. The lowest BCUT2D eigenvalue weighted by molar-refractivity contribution is 0.603. The van der Waals surface area contributed by atoms with E-state index < -0.39 is 10.0 Å². The minimum Gasteiger partial charge on any atom is -0.279 e. The Bertz CT molecular complexity index is 650. The van der Waals surface area contributed by atoms with Gasteiger partial charge < -0.3 is 0 Å². The van der Waals surface area contributed by atoms with Crippen molar-refractivity contribution >= 4 is 43.0 Å². The van der Waals surface area contributed by atoms with Crippen LogP contribution in [-0.2, 0) is 16.4 Å². The number of halogens is 1. The van der Waals surface area contributed by atoms with Gasteiger partial charge in [0.25, 0.3) is 10.0 Å². The summed E-state index contributed by atoms with van der Waals surface area (Å²) in [6.45, 7) is 2.03. The lowest BCUT2D eigenvalue weighted by Gasteiger charge is -2.08. The Morgan fingerprint density at radius 2 is 2.11 bits per heavy atom. The third-order valence-electron chi connectivity index (χ3n) is 2.42. The normalized spacial score (nSPS) is 11.4. The van der Waals surface area contributed by atoms with E-state index >= 15 is 0 Å². The van der Waals surface area contributed by atoms with Gasteiger partial charge in [0.2, 0.25) is 0 Å². The van der Waals surface area contributed by atoms with Gasteiger partial charge in [0, 0.05) is 10.2 Å². The van der Waals surface area contributed by atoms with Gasteiger partial charge in [-0.3, -0.25) is 4.72 Å². The molecule has 0 bridgehead atoms. The van der Waals surface area contributed by atoms with Crippen LogP contribution in [0.4, 0.5) is 5.69 Å². The number of rotatable bonds is 4. The SMILES string of the molecule is CCc1cccc(NS(=O)(=O)c2sccc2Br)c1. The molecule has 1 N–H and O–H groups in total. The molecule has 0 aliphatic carbocycles. The predicted molar refractivity (Wildman–Crippen MR) is 78.6 cm³/mol. The maximum absolute atomic E-state index is 12.2. The highest BCUT2D eigenvalue weighted by atomic mass is 79.9. The fourth-order valence-corrected chi connectivity index (χ4v) is 4.92. The van der Waals surface area contributed by atoms with Crippen LogP contribution in [0.3, 0.4) is 0 Å². The summed E-state index contributed by atoms with van der Waals surface area (Å²) in [5.41, 5.74) is 1.69. The summed E-state index contributed by atoms with van der Waals surface area (Å²) in [5, 5.41) is 1.74. The Labute approximate surface area is 119 Å². The molecule has 1 heterocycles. The summed E-state index contributed by atoms with van der Waals surface area (Å²) in [4.78, 5) is 0. The molecule has 0 saturated carbocycles. The summed E-state index contributed by atoms with van der Waals surface area (Å²) in [6, 6.07) is 9.14. The molecular weight excluding hydrogens is 334 g/mol. The van der Waals surface area contributed by atoms with Crippen LogP contribution in [0.2, 0.25) is 0 Å². The molecule has 3 nitrogen and oxygen atoms in total. The largest absolute Gasteiger partial charge is 0.279 e. The second-order valence-corrected chi connectivity index (χ2v) is 7.36. The van der Waals surface area contributed by atoms with E-state index in [2.05, 4.69) is 20.7 Å². The van der Waals surface area contributed by atoms with Gasteiger partial charge in [-0.1, -0.05) is 19.1 Å². The van der Waals surface area contributed by atoms with Gasteiger partial charge in [-0.2, -0.15) is 0 Å². The van der Waals surface area contributed by atoms with E-state index in [1.54, 1.807) is 17.5 Å². The zero-order valence-electron chi connectivity index (χ0n) is 9.68. The topological polar surface area (TPSA) is 46.2 Å². The van der Waals surface area contributed by atoms with E-state index in [-0.39, 0.29) is 0 Å². The standard InChI is InChI=1S/C12H12BrNO2S2/c1-2-9-4-3-5-10(8-9)14-18(15,16)12-11(13)6-7-17-12/h3-8,14H,2H2,1H3. The van der Waals surface area contributed by atoms with E-state index in [0.717, 1.165) is 12.0 Å². The van der Waals surface area contributed by atoms with Gasteiger partial charge in [-0.15, -0.1) is 11.3 Å². The van der Waals surface area contributed by atoms with Crippen LogP contribution in [-0.4, -0.2) is 8.42 Å². The number of hydrogen-bond acceptors (Lipinski definition) is 3. The van der Waals surface area contributed by atoms with Crippen LogP contribution in [0, 0.1) is 0 Å². The van der Waals surface area contributed by atoms with E-state index in [0.29, 0.717) is 14.4 Å². The molecule has 2 aromatic rings. The molecule has 0 atom stereocenters. The zero-order valence-corrected chi connectivity index (χ0v) is 12.9. The minimum atomic E-state index is -3.50. The van der Waals surface area contributed by atoms with Crippen molar-refractivity contribution in [1.82, 2.24) is 0 Å². The molecule has 0 unspecified atom stereocenters. The van der Waals surface area contributed by atoms with Gasteiger partial charge in [-0.05, 0) is 51.5 Å². The van der Waals surface area contributed by atoms with Crippen molar-refractivity contribution < 1.29 is 8.42 Å². The number of anilines is 1. The molecule has 0 saturated heterocycles. The highest BCUT2D eigenvalue weighted by Crippen LogP contribution is 2.29. The third-order valence-corrected chi connectivity index (χ3v) is 6.47. The third kappa shape index (κ3) is 2.93. The first-order valence-corrected chi connectivity index (χ1v) is 8.53. The molecule has 1 aromatic carbocycles. The maximum atomic E-state index is 12.2. The minimum absolute atomic E-state index is 0.296. The predicted octanol–water partition coefficient (Wildman–Crippen LogP) is 3.87. The molecule has 2 rings (SSSR count). The second-order valence-electron chi connectivity index (χ2n) is 3.72. The lowest BCUT2D eigenvalue weighted by Crippen LogP contribution is -2.12. The molecule has 0 amide bonds. The number of nitrogens with one attached hydrogen (secondary N) is 1. The van der Waals surface area contributed by atoms with Crippen LogP contribution in [0.25, 0.3) is 0 Å². The van der Waals surface area contributed by atoms with Crippen LogP contribution >= 0.6 is 27.3 Å². The smallest absolute Gasteiger partial charge is 0.272 e. The summed E-state index contributed by atoms with van der Waals surface area (Å²) < 4.78 is 27.8. The summed E-state index contributed by atoms with van der Waals surface area (Å²) in [6.07, 6.45) is 0.873. The van der Waals surface area contributed by atoms with Gasteiger partial charge >= 0.3 is 0 Å². The van der Waals surface area contributed by atoms with Crippen molar-refractivity contribution in [1.29, 1.82) is 0 Å². The molecule has 6 heteroatoms. The number of sulfonamides is 1. The molecular formula is C12H12BrNO2S2. The van der Waals surface area contributed by atoms with Crippen molar-refractivity contribution in [3.8, 4) is 0 Å². The van der Waals surface area contributed by atoms with Crippen LogP contribution in [0.5, 0.6) is 0 Å². The molecule has 0 fully saturated rings. The summed E-state index contributed by atoms with van der Waals surface area (Å²) in [5.74, 6) is 0. The Morgan fingerprint density at radius 1 is 1.33 bits per heavy atom. The molecule has 0 aliphatic rings. The second kappa shape index (κ2) is 5.42. The maximum Gasteiger partial charge on any atom is 0.272 e. The molecule has 18 heavy (non-hydrogen) atoms. The molecule has 0 aliphatic heterocycles. The quantitative estimate of drug-likeness (QED) is 0.913. The zero-order chi connectivity index (χ0) is 13.2. The first kappa shape index (κ1) is 13.6. The highest BCUT2D eigenvalue weighted by molar-refractivity contribution is 9.10. The average molecular weight is 346 g/mol. The highest BCUT2D eigenvalue weighted by Gasteiger charge is 2.19. The fourth-order valence-electron chi connectivity index (χ4n) is 1.53. The lowest BCUT2D eigenvalue weighted by atomic mass is 10.1. The van der Waals surface area contributed by atoms with Gasteiger partial charge in [0.1, 0.15) is 0 Å². The van der Waals surface area contributed by atoms with E-state index in [1.807, 2.05) is 25.1 Å². The van der Waals surface area contributed by atoms with Crippen molar-refractivity contribution in [3.05, 3.63) is 45.7 Å². The Hall–Kier alpha value is -0.850. The van der Waals surface area contributed by atoms with E-state index in [1.165, 1.54) is 11.3 Å². The first-order chi connectivity index (χ1) is 8.53. The Morgan fingerprint density at radius 3 is 2.72 bits per heavy atom. The van der Waals surface area contributed by atoms with Crippen molar-refractivity contribution in [2.75, 3.05) is 4.72 Å². The number of hydrogen-bond donors (Lipinski definition) is 1. The molecule has 96 valence electrons. The number of thiophene rings is 1. The summed E-state index contributed by atoms with van der Waals surface area (Å²) >= 11 is 4.42. The van der Waals surface area contributed by atoms with Gasteiger partial charge in [0.05, 0.1) is 0 Å². The van der Waals surface area contributed by atoms with Crippen molar-refractivity contribution in [2.24, 2.45) is 0 Å². The summed E-state index contributed by atoms with van der Waals surface area (Å²) in [7, 11) is -3.50. The fraction of sp³-hybridized carbons (Fsp3) is 0.167. The van der Waals surface area contributed by atoms with Gasteiger partial charge in [-0.25, -0.2) is 8.42 Å². The van der Waals surface area contributed by atoms with Crippen molar-refractivity contribution in [3.63, 3.8) is 0 Å². The monoisotopic (exact) mass is 345 g/mol. The van der Waals surface area contributed by atoms with E-state index in [9.17, 15) is 8.42 Å². The molecule has 1 aromatic heterocycles. The van der Waals surface area contributed by atoms with Crippen LogP contribution in [0.1, 0.15) is 12.5 Å². The first-order valence-electron chi connectivity index (χ1n) is 5.37. The van der Waals surface area contributed by atoms with Crippen LogP contribution < -0.4 is 4.72 Å². The molecule has 0 spiro atoms. The molecule has 0 radical (unpaired) electrons. The van der Waals surface area contributed by atoms with E-state index in [4.69, 9.17) is 0 Å². The van der Waals surface area contributed by atoms with Gasteiger partial charge in [0.15, 0.2) is 4.21 Å². The Balaban J connectivity index is 2.31.